The Hall–Kier alpha value is -3.33. The molecule has 0 atom stereocenters. The van der Waals surface area contributed by atoms with Crippen molar-refractivity contribution in [3.63, 3.8) is 0 Å². The minimum absolute atomic E-state index is 0.0455. The molecule has 0 bridgehead atoms. The van der Waals surface area contributed by atoms with Crippen LogP contribution in [0.3, 0.4) is 0 Å². The van der Waals surface area contributed by atoms with Gasteiger partial charge in [-0.15, -0.1) is 0 Å². The third-order valence-electron chi connectivity index (χ3n) is 4.15. The van der Waals surface area contributed by atoms with Crippen LogP contribution >= 0.6 is 0 Å². The Kier molecular flexibility index (Phi) is 4.05. The molecule has 3 nitrogen and oxygen atoms in total. The van der Waals surface area contributed by atoms with Crippen molar-refractivity contribution in [1.82, 2.24) is 4.57 Å². The van der Waals surface area contributed by atoms with E-state index in [1.165, 1.54) is 0 Å². The van der Waals surface area contributed by atoms with E-state index in [2.05, 4.69) is 0 Å². The Morgan fingerprint density at radius 1 is 0.840 bits per heavy atom. The predicted molar refractivity (Wildman–Crippen MR) is 98.9 cm³/mol. The van der Waals surface area contributed by atoms with Crippen molar-refractivity contribution in [3.8, 4) is 5.75 Å². The molecule has 4 aromatic rings. The van der Waals surface area contributed by atoms with E-state index in [1.54, 1.807) is 10.8 Å². The molecule has 0 amide bonds. The summed E-state index contributed by atoms with van der Waals surface area (Å²) >= 11 is 0. The molecule has 0 spiro atoms. The van der Waals surface area contributed by atoms with Gasteiger partial charge in [0.25, 0.3) is 5.91 Å². The van der Waals surface area contributed by atoms with E-state index in [0.717, 1.165) is 22.2 Å². The lowest BCUT2D eigenvalue weighted by molar-refractivity contribution is 0.0965. The van der Waals surface area contributed by atoms with E-state index in [9.17, 15) is 4.79 Å². The fraction of sp³-hybridized carbons (Fsp3) is 0.0455. The number of rotatable bonds is 4. The van der Waals surface area contributed by atoms with Gasteiger partial charge in [0, 0.05) is 23.2 Å². The molecule has 1 heterocycles. The molecule has 0 aliphatic carbocycles. The minimum atomic E-state index is -0.0455. The molecular weight excluding hydrogens is 310 g/mol. The zero-order valence-electron chi connectivity index (χ0n) is 13.6. The molecule has 0 saturated carbocycles. The molecule has 0 fully saturated rings. The number of hydrogen-bond acceptors (Lipinski definition) is 2. The fourth-order valence-corrected chi connectivity index (χ4v) is 2.84. The average Bonchev–Trinajstić information content (AvgIpc) is 3.10. The Balaban J connectivity index is 1.62. The number of aromatic nitrogens is 1. The number of hydrogen-bond donors (Lipinski definition) is 0. The van der Waals surface area contributed by atoms with Crippen LogP contribution in [-0.4, -0.2) is 10.5 Å². The molecule has 3 heteroatoms. The highest BCUT2D eigenvalue weighted by Crippen LogP contribution is 2.23. The van der Waals surface area contributed by atoms with Crippen LogP contribution in [0.4, 0.5) is 0 Å². The fourth-order valence-electron chi connectivity index (χ4n) is 2.84. The summed E-state index contributed by atoms with van der Waals surface area (Å²) < 4.78 is 7.55. The van der Waals surface area contributed by atoms with Crippen molar-refractivity contribution in [3.05, 3.63) is 102 Å². The summed E-state index contributed by atoms with van der Waals surface area (Å²) in [6.07, 6.45) is 1.81. The second kappa shape index (κ2) is 6.65. The first kappa shape index (κ1) is 15.2. The third kappa shape index (κ3) is 3.17. The highest BCUT2D eigenvalue weighted by atomic mass is 16.5. The van der Waals surface area contributed by atoms with Crippen molar-refractivity contribution >= 4 is 16.8 Å². The summed E-state index contributed by atoms with van der Waals surface area (Å²) in [5.74, 6) is 0.702. The van der Waals surface area contributed by atoms with Crippen molar-refractivity contribution in [2.45, 2.75) is 6.61 Å². The zero-order valence-corrected chi connectivity index (χ0v) is 13.6. The number of carbonyl (C=O) groups excluding carboxylic acids is 1. The van der Waals surface area contributed by atoms with Crippen molar-refractivity contribution in [1.29, 1.82) is 0 Å². The lowest BCUT2D eigenvalue weighted by atomic mass is 10.2. The maximum atomic E-state index is 12.7. The molecule has 3 aromatic carbocycles. The highest BCUT2D eigenvalue weighted by molar-refractivity contribution is 6.02. The van der Waals surface area contributed by atoms with Crippen LogP contribution in [0, 0.1) is 0 Å². The largest absolute Gasteiger partial charge is 0.489 e. The van der Waals surface area contributed by atoms with Crippen LogP contribution < -0.4 is 4.74 Å². The topological polar surface area (TPSA) is 31.2 Å². The zero-order chi connectivity index (χ0) is 17.1. The first-order chi connectivity index (χ1) is 12.3. The maximum Gasteiger partial charge on any atom is 0.262 e. The van der Waals surface area contributed by atoms with Gasteiger partial charge in [-0.25, -0.2) is 0 Å². The molecule has 4 rings (SSSR count). The summed E-state index contributed by atoms with van der Waals surface area (Å²) in [6.45, 7) is 0.500. The summed E-state index contributed by atoms with van der Waals surface area (Å²) in [4.78, 5) is 12.7. The second-order valence-electron chi connectivity index (χ2n) is 5.85. The lowest BCUT2D eigenvalue weighted by Gasteiger charge is -2.08. The van der Waals surface area contributed by atoms with Crippen LogP contribution in [0.15, 0.2) is 91.1 Å². The van der Waals surface area contributed by atoms with Gasteiger partial charge in [-0.05, 0) is 35.9 Å². The smallest absolute Gasteiger partial charge is 0.262 e. The van der Waals surface area contributed by atoms with Gasteiger partial charge >= 0.3 is 0 Å². The first-order valence-electron chi connectivity index (χ1n) is 8.19. The van der Waals surface area contributed by atoms with Gasteiger partial charge in [-0.2, -0.15) is 0 Å². The van der Waals surface area contributed by atoms with Gasteiger partial charge in [-0.1, -0.05) is 48.5 Å². The molecule has 0 saturated heterocycles. The van der Waals surface area contributed by atoms with Crippen LogP contribution in [0.1, 0.15) is 15.9 Å². The Bertz CT molecular complexity index is 1000. The summed E-state index contributed by atoms with van der Waals surface area (Å²) in [6, 6.07) is 27.1. The van der Waals surface area contributed by atoms with E-state index in [4.69, 9.17) is 4.74 Å². The SMILES string of the molecule is O=C(c1ccccc1)n1ccc2ccc(OCc3ccccc3)cc21. The Morgan fingerprint density at radius 3 is 2.32 bits per heavy atom. The number of ether oxygens (including phenoxy) is 1. The standard InChI is InChI=1S/C22H17NO2/c24-22(19-9-5-2-6-10-19)23-14-13-18-11-12-20(15-21(18)23)25-16-17-7-3-1-4-8-17/h1-15H,16H2. The molecule has 0 unspecified atom stereocenters. The number of fused-ring (bicyclic) bond motifs is 1. The van der Waals surface area contributed by atoms with Crippen molar-refractivity contribution < 1.29 is 9.53 Å². The van der Waals surface area contributed by atoms with E-state index in [-0.39, 0.29) is 5.91 Å². The summed E-state index contributed by atoms with van der Waals surface area (Å²) in [5.41, 5.74) is 2.62. The molecule has 1 aromatic heterocycles. The second-order valence-corrected chi connectivity index (χ2v) is 5.85. The van der Waals surface area contributed by atoms with Gasteiger partial charge in [-0.3, -0.25) is 9.36 Å². The first-order valence-corrected chi connectivity index (χ1v) is 8.19. The van der Waals surface area contributed by atoms with Gasteiger partial charge in [0.15, 0.2) is 0 Å². The monoisotopic (exact) mass is 327 g/mol. The minimum Gasteiger partial charge on any atom is -0.489 e. The molecule has 0 aliphatic heterocycles. The normalized spacial score (nSPS) is 10.7. The van der Waals surface area contributed by atoms with E-state index >= 15 is 0 Å². The predicted octanol–water partition coefficient (Wildman–Crippen LogP) is 4.91. The van der Waals surface area contributed by atoms with Gasteiger partial charge < -0.3 is 4.74 Å². The van der Waals surface area contributed by atoms with Crippen LogP contribution in [0.25, 0.3) is 10.9 Å². The summed E-state index contributed by atoms with van der Waals surface area (Å²) in [7, 11) is 0. The van der Waals surface area contributed by atoms with Gasteiger partial charge in [0.1, 0.15) is 12.4 Å². The quantitative estimate of drug-likeness (QED) is 0.533. The number of benzene rings is 3. The summed E-state index contributed by atoms with van der Waals surface area (Å²) in [5, 5.41) is 1.01. The maximum absolute atomic E-state index is 12.7. The lowest BCUT2D eigenvalue weighted by Crippen LogP contribution is -2.10. The molecule has 0 radical (unpaired) electrons. The Labute approximate surface area is 146 Å². The Morgan fingerprint density at radius 2 is 1.56 bits per heavy atom. The van der Waals surface area contributed by atoms with Crippen molar-refractivity contribution in [2.75, 3.05) is 0 Å². The number of carbonyl (C=O) groups is 1. The van der Waals surface area contributed by atoms with Crippen LogP contribution in [0.2, 0.25) is 0 Å². The van der Waals surface area contributed by atoms with Crippen LogP contribution in [0.5, 0.6) is 5.75 Å². The van der Waals surface area contributed by atoms with E-state index in [0.29, 0.717) is 12.2 Å². The van der Waals surface area contributed by atoms with E-state index < -0.39 is 0 Å². The third-order valence-corrected chi connectivity index (χ3v) is 4.15. The highest BCUT2D eigenvalue weighted by Gasteiger charge is 2.11. The average molecular weight is 327 g/mol. The van der Waals surface area contributed by atoms with Crippen molar-refractivity contribution in [2.24, 2.45) is 0 Å². The number of nitrogens with zero attached hydrogens (tertiary/aromatic N) is 1. The van der Waals surface area contributed by atoms with Crippen LogP contribution in [-0.2, 0) is 6.61 Å². The van der Waals surface area contributed by atoms with Gasteiger partial charge in [0.2, 0.25) is 0 Å². The molecule has 0 aliphatic rings. The van der Waals surface area contributed by atoms with Gasteiger partial charge in [0.05, 0.1) is 5.52 Å². The molecule has 122 valence electrons. The molecular formula is C22H17NO2. The molecule has 0 N–H and O–H groups in total. The molecule has 25 heavy (non-hydrogen) atoms. The van der Waals surface area contributed by atoms with E-state index in [1.807, 2.05) is 84.9 Å².